The highest BCUT2D eigenvalue weighted by atomic mass is 19.4. The Hall–Kier alpha value is -1.56. The van der Waals surface area contributed by atoms with Crippen molar-refractivity contribution in [2.45, 2.75) is 39.3 Å². The van der Waals surface area contributed by atoms with Crippen LogP contribution in [-0.4, -0.2) is 31.8 Å². The van der Waals surface area contributed by atoms with E-state index in [2.05, 4.69) is 10.8 Å². The van der Waals surface area contributed by atoms with Gasteiger partial charge in [0.05, 0.1) is 13.0 Å². The Kier molecular flexibility index (Phi) is 5.11. The summed E-state index contributed by atoms with van der Waals surface area (Å²) in [4.78, 5) is 13.9. The maximum Gasteiger partial charge on any atom is 0.411 e. The predicted octanol–water partition coefficient (Wildman–Crippen LogP) is 3.55. The molecule has 1 aliphatic heterocycles. The van der Waals surface area contributed by atoms with Gasteiger partial charge in [0, 0.05) is 12.2 Å². The molecule has 2 rings (SSSR count). The van der Waals surface area contributed by atoms with Gasteiger partial charge >= 0.3 is 6.18 Å². The number of hydrogen-bond acceptors (Lipinski definition) is 2. The van der Waals surface area contributed by atoms with Crippen molar-refractivity contribution < 1.29 is 22.7 Å². The zero-order valence-electron chi connectivity index (χ0n) is 12.8. The second-order valence-corrected chi connectivity index (χ2v) is 5.65. The molecule has 3 nitrogen and oxygen atoms in total. The molecule has 1 heterocycles. The van der Waals surface area contributed by atoms with Crippen molar-refractivity contribution in [2.75, 3.05) is 24.7 Å². The first-order valence-corrected chi connectivity index (χ1v) is 7.33. The van der Waals surface area contributed by atoms with Gasteiger partial charge in [-0.2, -0.15) is 13.2 Å². The molecular formula is C16H20F3NO2. The molecule has 6 heteroatoms. The Balaban J connectivity index is 2.01. The number of fused-ring (bicyclic) bond motifs is 1. The molecule has 0 aromatic heterocycles. The molecule has 0 aliphatic carbocycles. The summed E-state index contributed by atoms with van der Waals surface area (Å²) in [6.45, 7) is 3.07. The van der Waals surface area contributed by atoms with Crippen LogP contribution < -0.4 is 4.90 Å². The Morgan fingerprint density at radius 1 is 1.32 bits per heavy atom. The van der Waals surface area contributed by atoms with Crippen LogP contribution in [0.5, 0.6) is 0 Å². The molecular weight excluding hydrogens is 295 g/mol. The van der Waals surface area contributed by atoms with Crippen LogP contribution in [0.2, 0.25) is 0 Å². The minimum absolute atomic E-state index is 0.0392. The van der Waals surface area contributed by atoms with E-state index in [1.807, 2.05) is 19.9 Å². The van der Waals surface area contributed by atoms with Crippen LogP contribution in [0.1, 0.15) is 29.5 Å². The molecule has 0 saturated carbocycles. The third-order valence-corrected chi connectivity index (χ3v) is 3.72. The molecule has 0 radical (unpaired) electrons. The molecule has 0 bridgehead atoms. The Morgan fingerprint density at radius 3 is 2.73 bits per heavy atom. The maximum absolute atomic E-state index is 12.3. The first-order valence-electron chi connectivity index (χ1n) is 7.33. The van der Waals surface area contributed by atoms with E-state index in [0.29, 0.717) is 6.54 Å². The van der Waals surface area contributed by atoms with Crippen LogP contribution in [0.15, 0.2) is 12.1 Å². The second-order valence-electron chi connectivity index (χ2n) is 5.65. The fourth-order valence-electron chi connectivity index (χ4n) is 2.82. The SMILES string of the molecule is Cc1cc(C)c2c(c1)N(C(=O)CCOCC(F)(F)F)CCC2. The van der Waals surface area contributed by atoms with E-state index in [0.717, 1.165) is 35.2 Å². The van der Waals surface area contributed by atoms with Gasteiger partial charge in [-0.25, -0.2) is 0 Å². The van der Waals surface area contributed by atoms with Crippen molar-refractivity contribution in [2.24, 2.45) is 0 Å². The monoisotopic (exact) mass is 315 g/mol. The van der Waals surface area contributed by atoms with Gasteiger partial charge in [0.1, 0.15) is 6.61 Å². The molecule has 1 amide bonds. The first kappa shape index (κ1) is 16.8. The van der Waals surface area contributed by atoms with Crippen molar-refractivity contribution in [3.8, 4) is 0 Å². The first-order chi connectivity index (χ1) is 10.3. The van der Waals surface area contributed by atoms with Gasteiger partial charge in [-0.1, -0.05) is 6.07 Å². The van der Waals surface area contributed by atoms with Gasteiger partial charge in [0.2, 0.25) is 5.91 Å². The number of benzene rings is 1. The fourth-order valence-corrected chi connectivity index (χ4v) is 2.82. The van der Waals surface area contributed by atoms with Crippen LogP contribution in [0, 0.1) is 13.8 Å². The van der Waals surface area contributed by atoms with Crippen molar-refractivity contribution in [3.05, 3.63) is 28.8 Å². The van der Waals surface area contributed by atoms with Gasteiger partial charge < -0.3 is 9.64 Å². The van der Waals surface area contributed by atoms with E-state index in [1.54, 1.807) is 4.90 Å². The Labute approximate surface area is 128 Å². The van der Waals surface area contributed by atoms with E-state index in [-0.39, 0.29) is 18.9 Å². The normalized spacial score (nSPS) is 14.9. The average molecular weight is 315 g/mol. The molecule has 0 atom stereocenters. The highest BCUT2D eigenvalue weighted by Gasteiger charge is 2.28. The Morgan fingerprint density at radius 2 is 2.05 bits per heavy atom. The Bertz CT molecular complexity index is 555. The average Bonchev–Trinajstić information content (AvgIpc) is 2.41. The molecule has 0 fully saturated rings. The third kappa shape index (κ3) is 4.22. The van der Waals surface area contributed by atoms with E-state index in [1.165, 1.54) is 0 Å². The number of nitrogens with zero attached hydrogens (tertiary/aromatic N) is 1. The van der Waals surface area contributed by atoms with Gasteiger partial charge in [-0.3, -0.25) is 4.79 Å². The second kappa shape index (κ2) is 6.69. The summed E-state index contributed by atoms with van der Waals surface area (Å²) < 4.78 is 40.5. The standard InChI is InChI=1S/C16H20F3NO2/c1-11-8-12(2)13-4-3-6-20(14(13)9-11)15(21)5-7-22-10-16(17,18)19/h8-9H,3-7,10H2,1-2H3. The van der Waals surface area contributed by atoms with Crippen molar-refractivity contribution in [1.82, 2.24) is 0 Å². The van der Waals surface area contributed by atoms with E-state index < -0.39 is 12.8 Å². The number of alkyl halides is 3. The summed E-state index contributed by atoms with van der Waals surface area (Å²) in [5, 5.41) is 0. The van der Waals surface area contributed by atoms with Gasteiger partial charge in [0.15, 0.2) is 0 Å². The lowest BCUT2D eigenvalue weighted by Gasteiger charge is -2.31. The zero-order chi connectivity index (χ0) is 16.3. The summed E-state index contributed by atoms with van der Waals surface area (Å²) in [5.41, 5.74) is 4.27. The molecule has 1 aromatic carbocycles. The lowest BCUT2D eigenvalue weighted by molar-refractivity contribution is -0.174. The lowest BCUT2D eigenvalue weighted by atomic mass is 9.95. The predicted molar refractivity (Wildman–Crippen MR) is 78.1 cm³/mol. The maximum atomic E-state index is 12.3. The molecule has 122 valence electrons. The summed E-state index contributed by atoms with van der Waals surface area (Å²) in [5.74, 6) is -0.187. The molecule has 22 heavy (non-hydrogen) atoms. The number of aryl methyl sites for hydroxylation is 2. The number of halogens is 3. The number of rotatable bonds is 4. The number of hydrogen-bond donors (Lipinski definition) is 0. The van der Waals surface area contributed by atoms with Crippen LogP contribution in [0.4, 0.5) is 18.9 Å². The fraction of sp³-hybridized carbons (Fsp3) is 0.562. The number of carbonyl (C=O) groups is 1. The smallest absolute Gasteiger partial charge is 0.372 e. The van der Waals surface area contributed by atoms with E-state index in [9.17, 15) is 18.0 Å². The highest BCUT2D eigenvalue weighted by molar-refractivity contribution is 5.95. The van der Waals surface area contributed by atoms with Crippen LogP contribution in [0.25, 0.3) is 0 Å². The molecule has 1 aromatic rings. The zero-order valence-corrected chi connectivity index (χ0v) is 12.8. The summed E-state index contributed by atoms with van der Waals surface area (Å²) in [6.07, 6.45) is -2.60. The molecule has 1 aliphatic rings. The quantitative estimate of drug-likeness (QED) is 0.795. The lowest BCUT2D eigenvalue weighted by Crippen LogP contribution is -2.36. The summed E-state index contributed by atoms with van der Waals surface area (Å²) in [6, 6.07) is 4.05. The van der Waals surface area contributed by atoms with Crippen LogP contribution in [0.3, 0.4) is 0 Å². The van der Waals surface area contributed by atoms with Crippen molar-refractivity contribution in [1.29, 1.82) is 0 Å². The molecule has 0 saturated heterocycles. The van der Waals surface area contributed by atoms with Crippen molar-refractivity contribution in [3.63, 3.8) is 0 Å². The van der Waals surface area contributed by atoms with Crippen LogP contribution in [-0.2, 0) is 16.0 Å². The molecule has 0 unspecified atom stereocenters. The number of carbonyl (C=O) groups excluding carboxylic acids is 1. The largest absolute Gasteiger partial charge is 0.411 e. The van der Waals surface area contributed by atoms with Gasteiger partial charge in [0.25, 0.3) is 0 Å². The highest BCUT2D eigenvalue weighted by Crippen LogP contribution is 2.31. The minimum Gasteiger partial charge on any atom is -0.372 e. The van der Waals surface area contributed by atoms with Crippen molar-refractivity contribution >= 4 is 11.6 Å². The van der Waals surface area contributed by atoms with Gasteiger partial charge in [-0.05, 0) is 49.4 Å². The summed E-state index contributed by atoms with van der Waals surface area (Å²) >= 11 is 0. The van der Waals surface area contributed by atoms with Crippen LogP contribution >= 0.6 is 0 Å². The topological polar surface area (TPSA) is 29.5 Å². The number of anilines is 1. The van der Waals surface area contributed by atoms with Gasteiger partial charge in [-0.15, -0.1) is 0 Å². The summed E-state index contributed by atoms with van der Waals surface area (Å²) in [7, 11) is 0. The van der Waals surface area contributed by atoms with E-state index in [4.69, 9.17) is 0 Å². The molecule has 0 N–H and O–H groups in total. The third-order valence-electron chi connectivity index (χ3n) is 3.72. The number of amides is 1. The number of ether oxygens (including phenoxy) is 1. The minimum atomic E-state index is -4.35. The van der Waals surface area contributed by atoms with E-state index >= 15 is 0 Å². The molecule has 0 spiro atoms.